The first-order valence-corrected chi connectivity index (χ1v) is 9.86. The van der Waals surface area contributed by atoms with Crippen molar-refractivity contribution in [3.8, 4) is 6.07 Å². The van der Waals surface area contributed by atoms with Gasteiger partial charge in [0, 0.05) is 43.5 Å². The highest BCUT2D eigenvalue weighted by molar-refractivity contribution is 5.94. The molecule has 1 amide bonds. The number of hydrogen-bond donors (Lipinski definition) is 0. The molecular formula is C21H23N7O. The van der Waals surface area contributed by atoms with Crippen LogP contribution in [0.1, 0.15) is 40.8 Å². The fourth-order valence-electron chi connectivity index (χ4n) is 3.72. The van der Waals surface area contributed by atoms with E-state index in [9.17, 15) is 4.79 Å². The van der Waals surface area contributed by atoms with Crippen LogP contribution < -0.4 is 4.90 Å². The number of aromatic nitrogens is 4. The van der Waals surface area contributed by atoms with Crippen LogP contribution in [-0.2, 0) is 6.42 Å². The zero-order valence-corrected chi connectivity index (χ0v) is 16.7. The van der Waals surface area contributed by atoms with Crippen LogP contribution in [0.15, 0.2) is 30.3 Å². The number of hydrogen-bond acceptors (Lipinski definition) is 6. The summed E-state index contributed by atoms with van der Waals surface area (Å²) in [4.78, 5) is 21.5. The number of carbonyl (C=O) groups excluding carboxylic acids is 1. The lowest BCUT2D eigenvalue weighted by Crippen LogP contribution is -2.49. The van der Waals surface area contributed by atoms with E-state index in [1.165, 1.54) is 0 Å². The Hall–Kier alpha value is -3.47. The molecule has 0 atom stereocenters. The van der Waals surface area contributed by atoms with Crippen molar-refractivity contribution in [2.24, 2.45) is 0 Å². The Morgan fingerprint density at radius 1 is 1.14 bits per heavy atom. The minimum atomic E-state index is -0.00250. The van der Waals surface area contributed by atoms with Gasteiger partial charge in [-0.15, -0.1) is 10.2 Å². The van der Waals surface area contributed by atoms with Crippen LogP contribution in [-0.4, -0.2) is 56.6 Å². The molecule has 4 rings (SSSR count). The molecule has 148 valence electrons. The molecule has 1 aliphatic heterocycles. The van der Waals surface area contributed by atoms with E-state index >= 15 is 0 Å². The van der Waals surface area contributed by atoms with E-state index in [4.69, 9.17) is 10.2 Å². The normalized spacial score (nSPS) is 14.2. The van der Waals surface area contributed by atoms with Crippen LogP contribution in [0.3, 0.4) is 0 Å². The molecule has 1 aliphatic rings. The van der Waals surface area contributed by atoms with Gasteiger partial charge in [0.1, 0.15) is 11.6 Å². The number of amides is 1. The van der Waals surface area contributed by atoms with Gasteiger partial charge in [-0.2, -0.15) is 10.2 Å². The maximum Gasteiger partial charge on any atom is 0.257 e. The summed E-state index contributed by atoms with van der Waals surface area (Å²) in [6.07, 6.45) is 1.96. The SMILES string of the molecule is CCCc1cc(N2CCN(C(=O)c3ccc(C#N)cc3)CC2)nc2nnc(C)n12. The largest absolute Gasteiger partial charge is 0.353 e. The van der Waals surface area contributed by atoms with Crippen molar-refractivity contribution in [2.45, 2.75) is 26.7 Å². The predicted octanol–water partition coefficient (Wildman–Crippen LogP) is 2.22. The molecule has 2 aromatic heterocycles. The molecule has 0 N–H and O–H groups in total. The Labute approximate surface area is 169 Å². The zero-order valence-electron chi connectivity index (χ0n) is 16.7. The van der Waals surface area contributed by atoms with Gasteiger partial charge < -0.3 is 9.80 Å². The summed E-state index contributed by atoms with van der Waals surface area (Å²) in [7, 11) is 0. The number of fused-ring (bicyclic) bond motifs is 1. The summed E-state index contributed by atoms with van der Waals surface area (Å²) >= 11 is 0. The number of nitrogens with zero attached hydrogens (tertiary/aromatic N) is 7. The molecule has 29 heavy (non-hydrogen) atoms. The van der Waals surface area contributed by atoms with E-state index in [1.807, 2.05) is 16.2 Å². The minimum Gasteiger partial charge on any atom is -0.353 e. The molecule has 0 unspecified atom stereocenters. The van der Waals surface area contributed by atoms with E-state index in [-0.39, 0.29) is 5.91 Å². The van der Waals surface area contributed by atoms with Gasteiger partial charge in [0.05, 0.1) is 11.6 Å². The van der Waals surface area contributed by atoms with Crippen molar-refractivity contribution in [3.63, 3.8) is 0 Å². The Bertz CT molecular complexity index is 1070. The average molecular weight is 389 g/mol. The van der Waals surface area contributed by atoms with Crippen molar-refractivity contribution >= 4 is 17.5 Å². The van der Waals surface area contributed by atoms with Crippen molar-refractivity contribution in [1.82, 2.24) is 24.5 Å². The van der Waals surface area contributed by atoms with Crippen molar-refractivity contribution < 1.29 is 4.79 Å². The Morgan fingerprint density at radius 2 is 1.86 bits per heavy atom. The van der Waals surface area contributed by atoms with E-state index in [0.717, 1.165) is 30.2 Å². The van der Waals surface area contributed by atoms with Gasteiger partial charge in [-0.25, -0.2) is 0 Å². The molecule has 0 radical (unpaired) electrons. The standard InChI is InChI=1S/C21H23N7O/c1-3-4-18-13-19(23-21-25-24-15(2)28(18)21)26-9-11-27(12-10-26)20(29)17-7-5-16(14-22)6-8-17/h5-8,13H,3-4,9-12H2,1-2H3. The number of anilines is 1. The molecule has 8 heteroatoms. The monoisotopic (exact) mass is 389 g/mol. The first kappa shape index (κ1) is 18.9. The molecule has 8 nitrogen and oxygen atoms in total. The minimum absolute atomic E-state index is 0.00250. The molecule has 0 bridgehead atoms. The van der Waals surface area contributed by atoms with Gasteiger partial charge in [0.25, 0.3) is 11.7 Å². The molecule has 3 heterocycles. The average Bonchev–Trinajstić information content (AvgIpc) is 3.14. The van der Waals surface area contributed by atoms with Crippen molar-refractivity contribution in [2.75, 3.05) is 31.1 Å². The van der Waals surface area contributed by atoms with Crippen LogP contribution in [0.25, 0.3) is 5.78 Å². The highest BCUT2D eigenvalue weighted by Crippen LogP contribution is 2.20. The maximum atomic E-state index is 12.7. The van der Waals surface area contributed by atoms with Crippen LogP contribution in [0.2, 0.25) is 0 Å². The zero-order chi connectivity index (χ0) is 20.4. The van der Waals surface area contributed by atoms with Gasteiger partial charge in [-0.05, 0) is 37.6 Å². The second-order valence-corrected chi connectivity index (χ2v) is 7.21. The Balaban J connectivity index is 1.49. The summed E-state index contributed by atoms with van der Waals surface area (Å²) < 4.78 is 2.01. The molecule has 3 aromatic rings. The topological polar surface area (TPSA) is 90.4 Å². The highest BCUT2D eigenvalue weighted by atomic mass is 16.2. The number of benzene rings is 1. The van der Waals surface area contributed by atoms with Crippen molar-refractivity contribution in [3.05, 3.63) is 53.0 Å². The fraction of sp³-hybridized carbons (Fsp3) is 0.381. The molecule has 0 aliphatic carbocycles. The first-order valence-electron chi connectivity index (χ1n) is 9.86. The van der Waals surface area contributed by atoms with Gasteiger partial charge in [0.2, 0.25) is 0 Å². The summed E-state index contributed by atoms with van der Waals surface area (Å²) in [5, 5.41) is 17.3. The third-order valence-corrected chi connectivity index (χ3v) is 5.26. The number of carbonyl (C=O) groups is 1. The summed E-state index contributed by atoms with van der Waals surface area (Å²) in [6, 6.07) is 11.0. The molecule has 1 aromatic carbocycles. The quantitative estimate of drug-likeness (QED) is 0.680. The maximum absolute atomic E-state index is 12.7. The third kappa shape index (κ3) is 3.63. The van der Waals surface area contributed by atoms with Crippen LogP contribution in [0, 0.1) is 18.3 Å². The molecule has 1 fully saturated rings. The van der Waals surface area contributed by atoms with Crippen LogP contribution >= 0.6 is 0 Å². The Kier molecular flexibility index (Phi) is 5.12. The van der Waals surface area contributed by atoms with Gasteiger partial charge in [-0.3, -0.25) is 9.20 Å². The summed E-state index contributed by atoms with van der Waals surface area (Å²) in [6.45, 7) is 6.77. The van der Waals surface area contributed by atoms with Crippen molar-refractivity contribution in [1.29, 1.82) is 5.26 Å². The van der Waals surface area contributed by atoms with Gasteiger partial charge >= 0.3 is 0 Å². The van der Waals surface area contributed by atoms with E-state index in [1.54, 1.807) is 24.3 Å². The fourth-order valence-corrected chi connectivity index (χ4v) is 3.72. The number of piperazine rings is 1. The number of nitriles is 1. The smallest absolute Gasteiger partial charge is 0.257 e. The lowest BCUT2D eigenvalue weighted by Gasteiger charge is -2.35. The van der Waals surface area contributed by atoms with E-state index in [2.05, 4.69) is 34.2 Å². The predicted molar refractivity (Wildman–Crippen MR) is 109 cm³/mol. The van der Waals surface area contributed by atoms with E-state index in [0.29, 0.717) is 43.1 Å². The van der Waals surface area contributed by atoms with E-state index < -0.39 is 0 Å². The summed E-state index contributed by atoms with van der Waals surface area (Å²) in [5.74, 6) is 2.36. The number of rotatable bonds is 4. The highest BCUT2D eigenvalue weighted by Gasteiger charge is 2.24. The second kappa shape index (κ2) is 7.87. The van der Waals surface area contributed by atoms with Crippen LogP contribution in [0.5, 0.6) is 0 Å². The van der Waals surface area contributed by atoms with Gasteiger partial charge in [0.15, 0.2) is 0 Å². The molecule has 1 saturated heterocycles. The lowest BCUT2D eigenvalue weighted by atomic mass is 10.1. The number of aryl methyl sites for hydroxylation is 2. The third-order valence-electron chi connectivity index (χ3n) is 5.26. The summed E-state index contributed by atoms with van der Waals surface area (Å²) in [5.41, 5.74) is 2.33. The second-order valence-electron chi connectivity index (χ2n) is 7.21. The lowest BCUT2D eigenvalue weighted by molar-refractivity contribution is 0.0746. The molecular weight excluding hydrogens is 366 g/mol. The van der Waals surface area contributed by atoms with Gasteiger partial charge in [-0.1, -0.05) is 13.3 Å². The molecule has 0 saturated carbocycles. The first-order chi connectivity index (χ1) is 14.1. The molecule has 0 spiro atoms. The van der Waals surface area contributed by atoms with Crippen LogP contribution in [0.4, 0.5) is 5.82 Å². The Morgan fingerprint density at radius 3 is 2.52 bits per heavy atom.